The van der Waals surface area contributed by atoms with Crippen molar-refractivity contribution in [1.29, 1.82) is 0 Å². The standard InChI is InChI=1S/C23H29BrN4O3/c1-4-27(5-2)22(30)13-9-15-14-7-6-8-18-20(14)16(10-19(15)26(3)11-13)21(24)28(18)23(31)17(25)12-29/h6-9,13,17,19,29H,4-5,10-12,25H2,1-3H3/t13-,17+,19-/m1/s1. The van der Waals surface area contributed by atoms with Gasteiger partial charge in [0.05, 0.1) is 22.6 Å². The Morgan fingerprint density at radius 3 is 2.68 bits per heavy atom. The third kappa shape index (κ3) is 3.46. The summed E-state index contributed by atoms with van der Waals surface area (Å²) >= 11 is 3.64. The zero-order chi connectivity index (χ0) is 22.4. The molecule has 1 amide bonds. The highest BCUT2D eigenvalue weighted by Gasteiger charge is 2.38. The summed E-state index contributed by atoms with van der Waals surface area (Å²) in [6.07, 6.45) is 2.87. The molecule has 1 aromatic heterocycles. The molecule has 8 heteroatoms. The van der Waals surface area contributed by atoms with Gasteiger partial charge in [-0.25, -0.2) is 0 Å². The van der Waals surface area contributed by atoms with Gasteiger partial charge in [0.15, 0.2) is 0 Å². The third-order valence-electron chi connectivity index (χ3n) is 6.62. The number of likely N-dealkylation sites (N-methyl/N-ethyl adjacent to an activating group) is 1. The van der Waals surface area contributed by atoms with Gasteiger partial charge in [-0.1, -0.05) is 18.2 Å². The average Bonchev–Trinajstić information content (AvgIpc) is 3.06. The summed E-state index contributed by atoms with van der Waals surface area (Å²) in [5.41, 5.74) is 9.88. The SMILES string of the molecule is CCN(CC)C(=O)[C@@H]1C=C2c3cccc4c3c(c(Br)n4C(=O)[C@@H](N)CO)C[C@H]2N(C)C1. The summed E-state index contributed by atoms with van der Waals surface area (Å²) < 4.78 is 2.27. The van der Waals surface area contributed by atoms with E-state index in [1.165, 1.54) is 0 Å². The molecule has 166 valence electrons. The molecule has 1 aliphatic carbocycles. The van der Waals surface area contributed by atoms with Crippen LogP contribution in [-0.4, -0.2) is 76.7 Å². The first-order chi connectivity index (χ1) is 14.8. The Morgan fingerprint density at radius 1 is 1.32 bits per heavy atom. The van der Waals surface area contributed by atoms with Gasteiger partial charge in [0, 0.05) is 31.1 Å². The lowest BCUT2D eigenvalue weighted by Gasteiger charge is -2.40. The van der Waals surface area contributed by atoms with Crippen molar-refractivity contribution < 1.29 is 14.7 Å². The Labute approximate surface area is 190 Å². The number of nitrogens with zero attached hydrogens (tertiary/aromatic N) is 3. The molecular weight excluding hydrogens is 460 g/mol. The first kappa shape index (κ1) is 22.2. The van der Waals surface area contributed by atoms with Crippen LogP contribution in [0.5, 0.6) is 0 Å². The van der Waals surface area contributed by atoms with Crippen molar-refractivity contribution in [2.24, 2.45) is 11.7 Å². The molecule has 1 aliphatic heterocycles. The highest BCUT2D eigenvalue weighted by Crippen LogP contribution is 2.44. The van der Waals surface area contributed by atoms with Gasteiger partial charge in [-0.05, 0) is 66.0 Å². The smallest absolute Gasteiger partial charge is 0.251 e. The van der Waals surface area contributed by atoms with Gasteiger partial charge in [-0.2, -0.15) is 0 Å². The molecule has 0 spiro atoms. The third-order valence-corrected chi connectivity index (χ3v) is 7.46. The fraction of sp³-hybridized carbons (Fsp3) is 0.478. The molecule has 0 saturated heterocycles. The van der Waals surface area contributed by atoms with E-state index in [1.807, 2.05) is 30.9 Å². The van der Waals surface area contributed by atoms with Crippen LogP contribution in [0.1, 0.15) is 29.8 Å². The van der Waals surface area contributed by atoms with Crippen molar-refractivity contribution in [3.8, 4) is 0 Å². The van der Waals surface area contributed by atoms with E-state index in [-0.39, 0.29) is 23.8 Å². The van der Waals surface area contributed by atoms with Gasteiger partial charge in [0.25, 0.3) is 5.91 Å². The fourth-order valence-corrected chi connectivity index (χ4v) is 5.70. The Hall–Kier alpha value is -2.00. The molecule has 7 nitrogen and oxygen atoms in total. The lowest BCUT2D eigenvalue weighted by Crippen LogP contribution is -2.47. The number of halogens is 1. The van der Waals surface area contributed by atoms with Crippen molar-refractivity contribution in [3.05, 3.63) is 40.0 Å². The monoisotopic (exact) mass is 488 g/mol. The maximum atomic E-state index is 13.1. The quantitative estimate of drug-likeness (QED) is 0.672. The molecule has 2 heterocycles. The average molecular weight is 489 g/mol. The van der Waals surface area contributed by atoms with Crippen LogP contribution in [0.3, 0.4) is 0 Å². The van der Waals surface area contributed by atoms with E-state index in [4.69, 9.17) is 5.73 Å². The second-order valence-electron chi connectivity index (χ2n) is 8.33. The highest BCUT2D eigenvalue weighted by molar-refractivity contribution is 9.10. The van der Waals surface area contributed by atoms with E-state index in [0.29, 0.717) is 24.2 Å². The number of benzene rings is 1. The van der Waals surface area contributed by atoms with Crippen molar-refractivity contribution >= 4 is 44.2 Å². The number of aromatic nitrogens is 1. The van der Waals surface area contributed by atoms with E-state index in [2.05, 4.69) is 40.0 Å². The van der Waals surface area contributed by atoms with Gasteiger partial charge >= 0.3 is 0 Å². The molecule has 1 aromatic carbocycles. The van der Waals surface area contributed by atoms with Crippen LogP contribution in [0.15, 0.2) is 28.9 Å². The summed E-state index contributed by atoms with van der Waals surface area (Å²) in [6.45, 7) is 5.67. The molecule has 31 heavy (non-hydrogen) atoms. The number of hydrogen-bond acceptors (Lipinski definition) is 5. The number of amides is 1. The van der Waals surface area contributed by atoms with Crippen LogP contribution in [0, 0.1) is 5.92 Å². The Morgan fingerprint density at radius 2 is 2.03 bits per heavy atom. The zero-order valence-corrected chi connectivity index (χ0v) is 19.7. The summed E-state index contributed by atoms with van der Waals surface area (Å²) in [4.78, 5) is 30.1. The molecule has 0 unspecified atom stereocenters. The number of hydrogen-bond donors (Lipinski definition) is 2. The van der Waals surface area contributed by atoms with E-state index < -0.39 is 12.6 Å². The molecule has 3 atom stereocenters. The van der Waals surface area contributed by atoms with E-state index in [0.717, 1.165) is 34.0 Å². The van der Waals surface area contributed by atoms with Crippen LogP contribution in [0.2, 0.25) is 0 Å². The Kier molecular flexibility index (Phi) is 6.09. The normalized spacial score (nSPS) is 21.5. The lowest BCUT2D eigenvalue weighted by atomic mass is 9.79. The van der Waals surface area contributed by atoms with Crippen molar-refractivity contribution in [2.75, 3.05) is 33.3 Å². The lowest BCUT2D eigenvalue weighted by molar-refractivity contribution is -0.134. The molecule has 3 N–H and O–H groups in total. The number of carbonyl (C=O) groups excluding carboxylic acids is 2. The summed E-state index contributed by atoms with van der Waals surface area (Å²) in [7, 11) is 2.06. The predicted octanol–water partition coefficient (Wildman–Crippen LogP) is 2.10. The number of carbonyl (C=O) groups is 2. The largest absolute Gasteiger partial charge is 0.394 e. The molecule has 2 aliphatic rings. The Bertz CT molecular complexity index is 1070. The van der Waals surface area contributed by atoms with Crippen molar-refractivity contribution in [2.45, 2.75) is 32.4 Å². The molecule has 0 radical (unpaired) electrons. The highest BCUT2D eigenvalue weighted by atomic mass is 79.9. The van der Waals surface area contributed by atoms with E-state index >= 15 is 0 Å². The number of aliphatic hydroxyl groups is 1. The van der Waals surface area contributed by atoms with Crippen LogP contribution < -0.4 is 5.73 Å². The number of aliphatic hydroxyl groups excluding tert-OH is 1. The maximum Gasteiger partial charge on any atom is 0.251 e. The maximum absolute atomic E-state index is 13.1. The van der Waals surface area contributed by atoms with Gasteiger partial charge < -0.3 is 15.7 Å². The van der Waals surface area contributed by atoms with Crippen LogP contribution in [0.25, 0.3) is 16.5 Å². The second kappa shape index (κ2) is 8.50. The minimum absolute atomic E-state index is 0.132. The number of rotatable bonds is 5. The van der Waals surface area contributed by atoms with Gasteiger partial charge in [0.2, 0.25) is 5.91 Å². The van der Waals surface area contributed by atoms with E-state index in [9.17, 15) is 14.7 Å². The summed E-state index contributed by atoms with van der Waals surface area (Å²) in [5, 5.41) is 10.4. The van der Waals surface area contributed by atoms with Crippen LogP contribution >= 0.6 is 15.9 Å². The van der Waals surface area contributed by atoms with Crippen LogP contribution in [-0.2, 0) is 11.2 Å². The topological polar surface area (TPSA) is 91.8 Å². The van der Waals surface area contributed by atoms with Gasteiger partial charge in [-0.3, -0.25) is 19.1 Å². The molecule has 2 aromatic rings. The minimum Gasteiger partial charge on any atom is -0.394 e. The molecule has 4 rings (SSSR count). The van der Waals surface area contributed by atoms with Crippen molar-refractivity contribution in [1.82, 2.24) is 14.4 Å². The summed E-state index contributed by atoms with van der Waals surface area (Å²) in [5.74, 6) is -0.379. The molecular formula is C23H29BrN4O3. The summed E-state index contributed by atoms with van der Waals surface area (Å²) in [6, 6.07) is 5.05. The minimum atomic E-state index is -0.982. The molecule has 0 fully saturated rings. The molecule has 0 bridgehead atoms. The first-order valence-electron chi connectivity index (χ1n) is 10.8. The number of fused-ring (bicyclic) bond motifs is 2. The Balaban J connectivity index is 1.87. The van der Waals surface area contributed by atoms with E-state index in [1.54, 1.807) is 4.57 Å². The zero-order valence-electron chi connectivity index (χ0n) is 18.1. The second-order valence-corrected chi connectivity index (χ2v) is 9.08. The fourth-order valence-electron chi connectivity index (χ4n) is 4.98. The van der Waals surface area contributed by atoms with Gasteiger partial charge in [-0.15, -0.1) is 0 Å². The van der Waals surface area contributed by atoms with Crippen molar-refractivity contribution in [3.63, 3.8) is 0 Å². The molecule has 0 saturated carbocycles. The van der Waals surface area contributed by atoms with Gasteiger partial charge in [0.1, 0.15) is 6.04 Å². The predicted molar refractivity (Wildman–Crippen MR) is 125 cm³/mol. The number of nitrogens with two attached hydrogens (primary N) is 1. The first-order valence-corrected chi connectivity index (χ1v) is 11.6. The van der Waals surface area contributed by atoms with Crippen LogP contribution in [0.4, 0.5) is 0 Å².